The molecule has 2 rings (SSSR count). The number of carbonyl (C=O) groups excluding carboxylic acids is 1. The highest BCUT2D eigenvalue weighted by atomic mass is 79.9. The summed E-state index contributed by atoms with van der Waals surface area (Å²) in [6.07, 6.45) is 0. The number of nitrogens with one attached hydrogen (secondary N) is 1. The Bertz CT molecular complexity index is 649. The van der Waals surface area contributed by atoms with Crippen LogP contribution in [0, 0.1) is 5.82 Å². The van der Waals surface area contributed by atoms with E-state index in [-0.39, 0.29) is 10.9 Å². The summed E-state index contributed by atoms with van der Waals surface area (Å²) >= 11 is 9.09. The maximum Gasteiger partial charge on any atom is 0.256 e. The molecule has 0 aliphatic heterocycles. The van der Waals surface area contributed by atoms with E-state index in [9.17, 15) is 9.18 Å². The zero-order chi connectivity index (χ0) is 14.0. The molecule has 1 amide bonds. The van der Waals surface area contributed by atoms with E-state index in [2.05, 4.69) is 21.2 Å². The smallest absolute Gasteiger partial charge is 0.256 e. The average Bonchev–Trinajstić information content (AvgIpc) is 2.36. The fraction of sp³-hybridized carbons (Fsp3) is 0. The fourth-order valence-electron chi connectivity index (χ4n) is 1.51. The van der Waals surface area contributed by atoms with Crippen LogP contribution in [0.25, 0.3) is 0 Å². The van der Waals surface area contributed by atoms with Crippen molar-refractivity contribution >= 4 is 44.8 Å². The van der Waals surface area contributed by atoms with Crippen molar-refractivity contribution < 1.29 is 9.18 Å². The molecule has 0 saturated carbocycles. The zero-order valence-electron chi connectivity index (χ0n) is 9.58. The second-order valence-corrected chi connectivity index (χ2v) is 4.99. The van der Waals surface area contributed by atoms with Gasteiger partial charge in [-0.3, -0.25) is 4.79 Å². The number of carbonyl (C=O) groups is 1. The van der Waals surface area contributed by atoms with Gasteiger partial charge in [0, 0.05) is 5.69 Å². The maximum absolute atomic E-state index is 12.9. The van der Waals surface area contributed by atoms with E-state index in [0.717, 1.165) is 6.07 Å². The van der Waals surface area contributed by atoms with Gasteiger partial charge in [0.15, 0.2) is 0 Å². The SMILES string of the molecule is Nc1cccc(C(=O)Nc2ccc(F)cc2Cl)c1Br. The van der Waals surface area contributed by atoms with Gasteiger partial charge in [-0.2, -0.15) is 0 Å². The highest BCUT2D eigenvalue weighted by Gasteiger charge is 2.13. The Balaban J connectivity index is 2.28. The van der Waals surface area contributed by atoms with E-state index in [1.54, 1.807) is 18.2 Å². The maximum atomic E-state index is 12.9. The first-order valence-corrected chi connectivity index (χ1v) is 6.46. The number of amides is 1. The Morgan fingerprint density at radius 2 is 2.05 bits per heavy atom. The van der Waals surface area contributed by atoms with Crippen LogP contribution in [-0.4, -0.2) is 5.91 Å². The molecule has 0 bridgehead atoms. The van der Waals surface area contributed by atoms with Crippen LogP contribution in [0.4, 0.5) is 15.8 Å². The van der Waals surface area contributed by atoms with Crippen LogP contribution >= 0.6 is 27.5 Å². The monoisotopic (exact) mass is 342 g/mol. The Hall–Kier alpha value is -1.59. The first kappa shape index (κ1) is 13.8. The molecular weight excluding hydrogens is 335 g/mol. The third-order valence-electron chi connectivity index (χ3n) is 2.45. The Kier molecular flexibility index (Phi) is 4.07. The highest BCUT2D eigenvalue weighted by Crippen LogP contribution is 2.27. The van der Waals surface area contributed by atoms with E-state index in [0.29, 0.717) is 21.4 Å². The fourth-order valence-corrected chi connectivity index (χ4v) is 2.16. The van der Waals surface area contributed by atoms with Gasteiger partial charge in [-0.15, -0.1) is 0 Å². The molecule has 0 saturated heterocycles. The number of anilines is 2. The van der Waals surface area contributed by atoms with Gasteiger partial charge in [0.1, 0.15) is 5.82 Å². The molecule has 98 valence electrons. The molecule has 0 atom stereocenters. The minimum Gasteiger partial charge on any atom is -0.398 e. The molecule has 0 heterocycles. The second-order valence-electron chi connectivity index (χ2n) is 3.79. The lowest BCUT2D eigenvalue weighted by Crippen LogP contribution is -2.13. The lowest BCUT2D eigenvalue weighted by Gasteiger charge is -2.09. The van der Waals surface area contributed by atoms with Gasteiger partial charge in [-0.05, 0) is 46.3 Å². The Morgan fingerprint density at radius 1 is 1.32 bits per heavy atom. The number of hydrogen-bond acceptors (Lipinski definition) is 2. The van der Waals surface area contributed by atoms with Gasteiger partial charge in [0.25, 0.3) is 5.91 Å². The van der Waals surface area contributed by atoms with Gasteiger partial charge in [-0.25, -0.2) is 4.39 Å². The van der Waals surface area contributed by atoms with Crippen LogP contribution < -0.4 is 11.1 Å². The quantitative estimate of drug-likeness (QED) is 0.807. The Morgan fingerprint density at radius 3 is 2.74 bits per heavy atom. The van der Waals surface area contributed by atoms with Crippen molar-refractivity contribution in [2.45, 2.75) is 0 Å². The summed E-state index contributed by atoms with van der Waals surface area (Å²) < 4.78 is 13.4. The van der Waals surface area contributed by atoms with Gasteiger partial charge >= 0.3 is 0 Å². The summed E-state index contributed by atoms with van der Waals surface area (Å²) in [6, 6.07) is 8.71. The van der Waals surface area contributed by atoms with E-state index in [1.165, 1.54) is 12.1 Å². The summed E-state index contributed by atoms with van der Waals surface area (Å²) in [5, 5.41) is 2.73. The van der Waals surface area contributed by atoms with Crippen molar-refractivity contribution in [3.05, 3.63) is 57.3 Å². The predicted octanol–water partition coefficient (Wildman–Crippen LogP) is 4.08. The molecule has 3 nitrogen and oxygen atoms in total. The normalized spacial score (nSPS) is 10.3. The van der Waals surface area contributed by atoms with Gasteiger partial charge in [-0.1, -0.05) is 17.7 Å². The van der Waals surface area contributed by atoms with Crippen LogP contribution in [0.2, 0.25) is 5.02 Å². The predicted molar refractivity (Wildman–Crippen MR) is 77.9 cm³/mol. The average molecular weight is 344 g/mol. The van der Waals surface area contributed by atoms with Crippen LogP contribution in [0.3, 0.4) is 0 Å². The lowest BCUT2D eigenvalue weighted by atomic mass is 10.2. The minimum absolute atomic E-state index is 0.133. The molecule has 3 N–H and O–H groups in total. The van der Waals surface area contributed by atoms with Crippen LogP contribution in [0.5, 0.6) is 0 Å². The van der Waals surface area contributed by atoms with Crippen molar-refractivity contribution in [1.82, 2.24) is 0 Å². The minimum atomic E-state index is -0.465. The molecule has 0 radical (unpaired) electrons. The molecule has 0 aliphatic rings. The third-order valence-corrected chi connectivity index (χ3v) is 3.65. The number of rotatable bonds is 2. The van der Waals surface area contributed by atoms with E-state index >= 15 is 0 Å². The molecule has 0 aromatic heterocycles. The van der Waals surface area contributed by atoms with Crippen LogP contribution in [0.1, 0.15) is 10.4 Å². The molecule has 0 aliphatic carbocycles. The van der Waals surface area contributed by atoms with Crippen molar-refractivity contribution in [3.63, 3.8) is 0 Å². The van der Waals surface area contributed by atoms with Crippen LogP contribution in [-0.2, 0) is 0 Å². The number of halogens is 3. The number of nitrogens with two attached hydrogens (primary N) is 1. The van der Waals surface area contributed by atoms with Crippen molar-refractivity contribution in [3.8, 4) is 0 Å². The Labute approximate surface area is 122 Å². The lowest BCUT2D eigenvalue weighted by molar-refractivity contribution is 0.102. The van der Waals surface area contributed by atoms with Gasteiger partial charge in [0.2, 0.25) is 0 Å². The summed E-state index contributed by atoms with van der Waals surface area (Å²) in [7, 11) is 0. The summed E-state index contributed by atoms with van der Waals surface area (Å²) in [5.41, 5.74) is 6.87. The first-order valence-electron chi connectivity index (χ1n) is 5.29. The van der Waals surface area contributed by atoms with Crippen molar-refractivity contribution in [1.29, 1.82) is 0 Å². The van der Waals surface area contributed by atoms with Crippen LogP contribution in [0.15, 0.2) is 40.9 Å². The molecule has 6 heteroatoms. The molecule has 2 aromatic rings. The van der Waals surface area contributed by atoms with E-state index in [4.69, 9.17) is 17.3 Å². The first-order chi connectivity index (χ1) is 8.99. The zero-order valence-corrected chi connectivity index (χ0v) is 11.9. The largest absolute Gasteiger partial charge is 0.398 e. The molecule has 0 unspecified atom stereocenters. The summed E-state index contributed by atoms with van der Waals surface area (Å²) in [6.45, 7) is 0. The van der Waals surface area contributed by atoms with Gasteiger partial charge < -0.3 is 11.1 Å². The van der Waals surface area contributed by atoms with E-state index in [1.807, 2.05) is 0 Å². The molecule has 0 spiro atoms. The summed E-state index contributed by atoms with van der Waals surface area (Å²) in [5.74, 6) is -0.846. The molecule has 19 heavy (non-hydrogen) atoms. The summed E-state index contributed by atoms with van der Waals surface area (Å²) in [4.78, 5) is 12.1. The van der Waals surface area contributed by atoms with Crippen molar-refractivity contribution in [2.24, 2.45) is 0 Å². The highest BCUT2D eigenvalue weighted by molar-refractivity contribution is 9.10. The topological polar surface area (TPSA) is 55.1 Å². The number of hydrogen-bond donors (Lipinski definition) is 2. The molecule has 0 fully saturated rings. The van der Waals surface area contributed by atoms with Gasteiger partial charge in [0.05, 0.1) is 20.7 Å². The van der Waals surface area contributed by atoms with Crippen molar-refractivity contribution in [2.75, 3.05) is 11.1 Å². The molecule has 2 aromatic carbocycles. The third kappa shape index (κ3) is 3.05. The van der Waals surface area contributed by atoms with E-state index < -0.39 is 5.82 Å². The number of nitrogen functional groups attached to an aromatic ring is 1. The number of benzene rings is 2. The molecular formula is C13H9BrClFN2O. The second kappa shape index (κ2) is 5.59. The standard InChI is InChI=1S/C13H9BrClFN2O/c14-12-8(2-1-3-10(12)17)13(19)18-11-5-4-7(16)6-9(11)15/h1-6H,17H2,(H,18,19).